The van der Waals surface area contributed by atoms with Crippen LogP contribution in [0.4, 0.5) is 10.8 Å². The van der Waals surface area contributed by atoms with E-state index in [1.807, 2.05) is 0 Å². The van der Waals surface area contributed by atoms with Crippen LogP contribution in [-0.2, 0) is 14.8 Å². The molecule has 2 amide bonds. The summed E-state index contributed by atoms with van der Waals surface area (Å²) in [6.45, 7) is 4.26. The molecule has 0 aliphatic carbocycles. The minimum absolute atomic E-state index is 0.122. The van der Waals surface area contributed by atoms with E-state index in [1.54, 1.807) is 45.2 Å². The number of hydrogen-bond acceptors (Lipinski definition) is 9. The third-order valence-corrected chi connectivity index (χ3v) is 8.82. The smallest absolute Gasteiger partial charge is 0.257 e. The highest BCUT2D eigenvalue weighted by Gasteiger charge is 2.22. The first-order chi connectivity index (χ1) is 16.8. The number of sulfonamides is 1. The number of nitrogens with zero attached hydrogens (tertiary/aromatic N) is 3. The van der Waals surface area contributed by atoms with Gasteiger partial charge in [0, 0.05) is 24.3 Å². The molecule has 0 spiro atoms. The van der Waals surface area contributed by atoms with Crippen molar-refractivity contribution in [3.63, 3.8) is 0 Å². The Bertz CT molecular complexity index is 1260. The third kappa shape index (κ3) is 7.01. The summed E-state index contributed by atoms with van der Waals surface area (Å²) >= 11 is 2.33. The number of anilines is 2. The molecular formula is C22H25N5O5S3. The molecule has 186 valence electrons. The van der Waals surface area contributed by atoms with Crippen LogP contribution < -0.4 is 15.4 Å². The number of rotatable bonds is 11. The second-order valence-electron chi connectivity index (χ2n) is 7.01. The lowest BCUT2D eigenvalue weighted by Gasteiger charge is -2.18. The Morgan fingerprint density at radius 1 is 1.00 bits per heavy atom. The van der Waals surface area contributed by atoms with E-state index >= 15 is 0 Å². The number of thioether (sulfide) groups is 1. The van der Waals surface area contributed by atoms with Crippen molar-refractivity contribution >= 4 is 55.8 Å². The van der Waals surface area contributed by atoms with Gasteiger partial charge in [0.15, 0.2) is 4.34 Å². The Morgan fingerprint density at radius 2 is 1.66 bits per heavy atom. The molecule has 1 aromatic heterocycles. The molecule has 0 saturated carbocycles. The van der Waals surface area contributed by atoms with Crippen molar-refractivity contribution in [3.8, 4) is 5.75 Å². The van der Waals surface area contributed by atoms with Crippen molar-refractivity contribution in [1.82, 2.24) is 14.5 Å². The van der Waals surface area contributed by atoms with Crippen LogP contribution >= 0.6 is 23.1 Å². The SMILES string of the molecule is CCN(CC)S(=O)(=O)c1ccc(C(=O)Nc2nnc(SCC(=O)Nc3ccc(OC)cc3)s2)cc1. The summed E-state index contributed by atoms with van der Waals surface area (Å²) in [6, 6.07) is 12.7. The first-order valence-electron chi connectivity index (χ1n) is 10.6. The number of carbonyl (C=O) groups excluding carboxylic acids is 2. The number of ether oxygens (including phenoxy) is 1. The molecule has 35 heavy (non-hydrogen) atoms. The Hall–Kier alpha value is -3.00. The van der Waals surface area contributed by atoms with Gasteiger partial charge in [0.1, 0.15) is 5.75 Å². The van der Waals surface area contributed by atoms with E-state index in [0.29, 0.717) is 28.9 Å². The summed E-state index contributed by atoms with van der Waals surface area (Å²) in [4.78, 5) is 24.8. The van der Waals surface area contributed by atoms with Crippen LogP contribution in [-0.4, -0.2) is 60.7 Å². The fraction of sp³-hybridized carbons (Fsp3) is 0.273. The van der Waals surface area contributed by atoms with E-state index in [2.05, 4.69) is 20.8 Å². The molecule has 0 saturated heterocycles. The lowest BCUT2D eigenvalue weighted by atomic mass is 10.2. The number of nitrogens with one attached hydrogen (secondary N) is 2. The lowest BCUT2D eigenvalue weighted by molar-refractivity contribution is -0.113. The van der Waals surface area contributed by atoms with Crippen molar-refractivity contribution in [3.05, 3.63) is 54.1 Å². The zero-order valence-electron chi connectivity index (χ0n) is 19.3. The van der Waals surface area contributed by atoms with Crippen LogP contribution in [0.3, 0.4) is 0 Å². The maximum Gasteiger partial charge on any atom is 0.257 e. The predicted molar refractivity (Wildman–Crippen MR) is 137 cm³/mol. The van der Waals surface area contributed by atoms with Crippen molar-refractivity contribution < 1.29 is 22.7 Å². The molecule has 0 radical (unpaired) electrons. The van der Waals surface area contributed by atoms with Crippen molar-refractivity contribution in [2.24, 2.45) is 0 Å². The Morgan fingerprint density at radius 3 is 2.26 bits per heavy atom. The highest BCUT2D eigenvalue weighted by molar-refractivity contribution is 8.01. The third-order valence-electron chi connectivity index (χ3n) is 4.79. The standard InChI is InChI=1S/C22H25N5O5S3/c1-4-27(5-2)35(30,31)18-12-6-15(7-13-18)20(29)24-21-25-26-22(34-21)33-14-19(28)23-16-8-10-17(32-3)11-9-16/h6-13H,4-5,14H2,1-3H3,(H,23,28)(H,24,25,29). The molecule has 0 unspecified atom stereocenters. The predicted octanol–water partition coefficient (Wildman–Crippen LogP) is 3.56. The highest BCUT2D eigenvalue weighted by atomic mass is 32.2. The van der Waals surface area contributed by atoms with Crippen molar-refractivity contribution in [2.75, 3.05) is 36.6 Å². The molecule has 13 heteroatoms. The highest BCUT2D eigenvalue weighted by Crippen LogP contribution is 2.26. The first kappa shape index (κ1) is 26.6. The minimum atomic E-state index is -3.60. The van der Waals surface area contributed by atoms with E-state index < -0.39 is 15.9 Å². The fourth-order valence-electron chi connectivity index (χ4n) is 2.98. The molecule has 3 aromatic rings. The van der Waals surface area contributed by atoms with Gasteiger partial charge in [-0.2, -0.15) is 4.31 Å². The maximum absolute atomic E-state index is 12.6. The molecule has 2 aromatic carbocycles. The van der Waals surface area contributed by atoms with Crippen LogP contribution in [0, 0.1) is 0 Å². The van der Waals surface area contributed by atoms with E-state index in [9.17, 15) is 18.0 Å². The van der Waals surface area contributed by atoms with Gasteiger partial charge in [0.05, 0.1) is 17.8 Å². The van der Waals surface area contributed by atoms with Crippen LogP contribution in [0.1, 0.15) is 24.2 Å². The van der Waals surface area contributed by atoms with E-state index in [4.69, 9.17) is 4.74 Å². The number of benzene rings is 2. The molecule has 0 atom stereocenters. The van der Waals surface area contributed by atoms with Crippen molar-refractivity contribution in [1.29, 1.82) is 0 Å². The first-order valence-corrected chi connectivity index (χ1v) is 13.8. The Balaban J connectivity index is 1.53. The average molecular weight is 536 g/mol. The summed E-state index contributed by atoms with van der Waals surface area (Å²) in [6.07, 6.45) is 0. The van der Waals surface area contributed by atoms with Gasteiger partial charge in [-0.05, 0) is 48.5 Å². The van der Waals surface area contributed by atoms with Gasteiger partial charge in [0.2, 0.25) is 21.1 Å². The molecule has 10 nitrogen and oxygen atoms in total. The van der Waals surface area contributed by atoms with Gasteiger partial charge in [-0.25, -0.2) is 8.42 Å². The molecule has 0 fully saturated rings. The minimum Gasteiger partial charge on any atom is -0.497 e. The second-order valence-corrected chi connectivity index (χ2v) is 11.1. The van der Waals surface area contributed by atoms with Gasteiger partial charge in [0.25, 0.3) is 5.91 Å². The zero-order valence-corrected chi connectivity index (χ0v) is 21.8. The number of carbonyl (C=O) groups is 2. The topological polar surface area (TPSA) is 131 Å². The summed E-state index contributed by atoms with van der Waals surface area (Å²) in [7, 11) is -2.03. The Labute approximate surface area is 212 Å². The van der Waals surface area contributed by atoms with Crippen LogP contribution in [0.5, 0.6) is 5.75 Å². The summed E-state index contributed by atoms with van der Waals surface area (Å²) in [5.41, 5.74) is 0.935. The lowest BCUT2D eigenvalue weighted by Crippen LogP contribution is -2.30. The van der Waals surface area contributed by atoms with Gasteiger partial charge in [-0.1, -0.05) is 36.9 Å². The molecular weight excluding hydrogens is 510 g/mol. The summed E-state index contributed by atoms with van der Waals surface area (Å²) in [5.74, 6) is 0.167. The summed E-state index contributed by atoms with van der Waals surface area (Å²) < 4.78 is 32.1. The zero-order chi connectivity index (χ0) is 25.4. The van der Waals surface area contributed by atoms with Gasteiger partial charge in [-0.3, -0.25) is 14.9 Å². The molecule has 0 bridgehead atoms. The number of methoxy groups -OCH3 is 1. The van der Waals surface area contributed by atoms with Gasteiger partial charge < -0.3 is 10.1 Å². The largest absolute Gasteiger partial charge is 0.497 e. The van der Waals surface area contributed by atoms with Crippen molar-refractivity contribution in [2.45, 2.75) is 23.1 Å². The van der Waals surface area contributed by atoms with Crippen LogP contribution in [0.2, 0.25) is 0 Å². The normalized spacial score (nSPS) is 11.3. The van der Waals surface area contributed by atoms with E-state index in [1.165, 1.54) is 40.3 Å². The van der Waals surface area contributed by atoms with E-state index in [0.717, 1.165) is 11.3 Å². The number of hydrogen-bond donors (Lipinski definition) is 2. The molecule has 1 heterocycles. The Kier molecular flexibility index (Phi) is 9.20. The van der Waals surface area contributed by atoms with E-state index in [-0.39, 0.29) is 27.3 Å². The summed E-state index contributed by atoms with van der Waals surface area (Å²) in [5, 5.41) is 13.6. The van der Waals surface area contributed by atoms with Gasteiger partial charge >= 0.3 is 0 Å². The second kappa shape index (κ2) is 12.1. The van der Waals surface area contributed by atoms with Crippen LogP contribution in [0.15, 0.2) is 57.8 Å². The maximum atomic E-state index is 12.6. The molecule has 0 aliphatic heterocycles. The monoisotopic (exact) mass is 535 g/mol. The molecule has 2 N–H and O–H groups in total. The molecule has 0 aliphatic rings. The number of amides is 2. The molecule has 3 rings (SSSR count). The fourth-order valence-corrected chi connectivity index (χ4v) is 5.98. The van der Waals surface area contributed by atoms with Crippen LogP contribution in [0.25, 0.3) is 0 Å². The van der Waals surface area contributed by atoms with Gasteiger partial charge in [-0.15, -0.1) is 10.2 Å². The quantitative estimate of drug-likeness (QED) is 0.282. The number of aromatic nitrogens is 2. The average Bonchev–Trinajstić information content (AvgIpc) is 3.31.